The number of aldehydes is 1. The summed E-state index contributed by atoms with van der Waals surface area (Å²) in [5.41, 5.74) is 0. The summed E-state index contributed by atoms with van der Waals surface area (Å²) in [6.45, 7) is 0. The number of carbonyl (C=O) groups is 2. The lowest BCUT2D eigenvalue weighted by atomic mass is 10.1. The molecule has 0 bridgehead atoms. The second kappa shape index (κ2) is 4.81. The van der Waals surface area contributed by atoms with Gasteiger partial charge in [-0.05, 0) is 0 Å². The van der Waals surface area contributed by atoms with Crippen molar-refractivity contribution in [2.75, 3.05) is 0 Å². The summed E-state index contributed by atoms with van der Waals surface area (Å²) in [6.07, 6.45) is -5.55. The van der Waals surface area contributed by atoms with Crippen molar-refractivity contribution in [2.24, 2.45) is 0 Å². The second-order valence-corrected chi connectivity index (χ2v) is 2.24. The molecule has 0 radical (unpaired) electrons. The number of carboxylic acid groups (broad SMARTS) is 1. The number of hydrogen-bond acceptors (Lipinski definition) is 5. The fourth-order valence-electron chi connectivity index (χ4n) is 0.595. The van der Waals surface area contributed by atoms with Gasteiger partial charge in [0.2, 0.25) is 0 Å². The first-order valence-electron chi connectivity index (χ1n) is 3.21. The third-order valence-corrected chi connectivity index (χ3v) is 1.31. The average Bonchev–Trinajstić information content (AvgIpc) is 2.02. The summed E-state index contributed by atoms with van der Waals surface area (Å²) in [6, 6.07) is 0. The topological polar surface area (TPSA) is 115 Å². The largest absolute Gasteiger partial charge is 0.479 e. The minimum atomic E-state index is -2.07. The number of aliphatic hydroxyl groups is 3. The maximum Gasteiger partial charge on any atom is 0.335 e. The lowest BCUT2D eigenvalue weighted by Gasteiger charge is -2.17. The Morgan fingerprint density at radius 1 is 1.33 bits per heavy atom. The van der Waals surface area contributed by atoms with Gasteiger partial charge < -0.3 is 25.2 Å². The molecule has 0 spiro atoms. The smallest absolute Gasteiger partial charge is 0.335 e. The molecular weight excluding hydrogens is 168 g/mol. The standard InChI is InChI=1S/C6H10O6/c7-2-1-3(8)4(9)5(10)6(11)12/h2-5,8-10H,1H2,(H,11,12)/t3-,4+,5-/m1/s1. The van der Waals surface area contributed by atoms with Crippen LogP contribution in [0.1, 0.15) is 6.42 Å². The molecule has 0 aromatic carbocycles. The van der Waals surface area contributed by atoms with Gasteiger partial charge in [0.1, 0.15) is 12.4 Å². The van der Waals surface area contributed by atoms with Crippen LogP contribution < -0.4 is 0 Å². The van der Waals surface area contributed by atoms with Crippen LogP contribution in [0.4, 0.5) is 0 Å². The summed E-state index contributed by atoms with van der Waals surface area (Å²) in [4.78, 5) is 19.9. The van der Waals surface area contributed by atoms with Crippen LogP contribution in [0.25, 0.3) is 0 Å². The van der Waals surface area contributed by atoms with E-state index in [9.17, 15) is 9.59 Å². The molecule has 0 fully saturated rings. The Balaban J connectivity index is 4.07. The third-order valence-electron chi connectivity index (χ3n) is 1.31. The van der Waals surface area contributed by atoms with E-state index in [-0.39, 0.29) is 0 Å². The zero-order chi connectivity index (χ0) is 9.72. The van der Waals surface area contributed by atoms with Gasteiger partial charge >= 0.3 is 5.97 Å². The van der Waals surface area contributed by atoms with Gasteiger partial charge in [-0.3, -0.25) is 0 Å². The molecule has 12 heavy (non-hydrogen) atoms. The molecule has 6 nitrogen and oxygen atoms in total. The zero-order valence-electron chi connectivity index (χ0n) is 6.12. The van der Waals surface area contributed by atoms with Crippen molar-refractivity contribution in [3.05, 3.63) is 0 Å². The average molecular weight is 178 g/mol. The number of carbonyl (C=O) groups excluding carboxylic acids is 1. The van der Waals surface area contributed by atoms with Crippen molar-refractivity contribution >= 4 is 12.3 Å². The highest BCUT2D eigenvalue weighted by Crippen LogP contribution is 2.02. The Morgan fingerprint density at radius 3 is 2.17 bits per heavy atom. The van der Waals surface area contributed by atoms with Gasteiger partial charge in [-0.1, -0.05) is 0 Å². The molecule has 0 saturated carbocycles. The van der Waals surface area contributed by atoms with E-state index >= 15 is 0 Å². The normalized spacial score (nSPS) is 17.9. The number of aliphatic carboxylic acids is 1. The van der Waals surface area contributed by atoms with Crippen molar-refractivity contribution < 1.29 is 30.0 Å². The number of rotatable bonds is 5. The number of aliphatic hydroxyl groups excluding tert-OH is 3. The van der Waals surface area contributed by atoms with Gasteiger partial charge in [0, 0.05) is 6.42 Å². The zero-order valence-corrected chi connectivity index (χ0v) is 6.12. The van der Waals surface area contributed by atoms with Gasteiger partial charge in [0.05, 0.1) is 6.10 Å². The summed E-state index contributed by atoms with van der Waals surface area (Å²) in [7, 11) is 0. The molecule has 4 N–H and O–H groups in total. The Kier molecular flexibility index (Phi) is 4.42. The van der Waals surface area contributed by atoms with E-state index in [0.29, 0.717) is 6.29 Å². The van der Waals surface area contributed by atoms with Crippen LogP contribution in [0.2, 0.25) is 0 Å². The van der Waals surface area contributed by atoms with E-state index in [1.807, 2.05) is 0 Å². The quantitative estimate of drug-likeness (QED) is 0.353. The molecule has 0 amide bonds. The molecule has 0 unspecified atom stereocenters. The summed E-state index contributed by atoms with van der Waals surface area (Å²) in [5, 5.41) is 34.5. The van der Waals surface area contributed by atoms with Crippen molar-refractivity contribution in [1.29, 1.82) is 0 Å². The van der Waals surface area contributed by atoms with Gasteiger partial charge in [0.25, 0.3) is 0 Å². The molecule has 0 aromatic heterocycles. The first-order valence-corrected chi connectivity index (χ1v) is 3.21. The maximum atomic E-state index is 10.0. The molecule has 0 aliphatic heterocycles. The first-order chi connectivity index (χ1) is 5.50. The van der Waals surface area contributed by atoms with Gasteiger partial charge in [-0.25, -0.2) is 4.79 Å². The lowest BCUT2D eigenvalue weighted by Crippen LogP contribution is -2.42. The minimum Gasteiger partial charge on any atom is -0.479 e. The predicted octanol–water partition coefficient (Wildman–Crippen LogP) is -2.26. The molecule has 0 rings (SSSR count). The summed E-state index contributed by atoms with van der Waals surface area (Å²) in [5.74, 6) is -1.65. The molecule has 0 aliphatic carbocycles. The van der Waals surface area contributed by atoms with Crippen LogP contribution in [-0.4, -0.2) is 51.0 Å². The lowest BCUT2D eigenvalue weighted by molar-refractivity contribution is -0.158. The van der Waals surface area contributed by atoms with Gasteiger partial charge in [-0.2, -0.15) is 0 Å². The highest BCUT2D eigenvalue weighted by atomic mass is 16.4. The summed E-state index contributed by atoms with van der Waals surface area (Å²) < 4.78 is 0. The minimum absolute atomic E-state index is 0.322. The van der Waals surface area contributed by atoms with Crippen LogP contribution in [0.5, 0.6) is 0 Å². The van der Waals surface area contributed by atoms with E-state index in [1.54, 1.807) is 0 Å². The van der Waals surface area contributed by atoms with Crippen LogP contribution in [0.15, 0.2) is 0 Å². The SMILES string of the molecule is O=CC[C@@H](O)[C@H](O)[C@@H](O)C(=O)O. The van der Waals surface area contributed by atoms with E-state index in [0.717, 1.165) is 0 Å². The maximum absolute atomic E-state index is 10.0. The molecule has 70 valence electrons. The Hall–Kier alpha value is -0.980. The van der Waals surface area contributed by atoms with Crippen molar-refractivity contribution in [1.82, 2.24) is 0 Å². The van der Waals surface area contributed by atoms with E-state index in [1.165, 1.54) is 0 Å². The molecular formula is C6H10O6. The predicted molar refractivity (Wildman–Crippen MR) is 36.3 cm³/mol. The van der Waals surface area contributed by atoms with Crippen LogP contribution in [0, 0.1) is 0 Å². The van der Waals surface area contributed by atoms with E-state index in [2.05, 4.69) is 0 Å². The highest BCUT2D eigenvalue weighted by molar-refractivity contribution is 5.72. The Bertz CT molecular complexity index is 167. The summed E-state index contributed by atoms with van der Waals surface area (Å²) >= 11 is 0. The van der Waals surface area contributed by atoms with Crippen molar-refractivity contribution in [3.8, 4) is 0 Å². The molecule has 6 heteroatoms. The number of carboxylic acids is 1. The highest BCUT2D eigenvalue weighted by Gasteiger charge is 2.29. The Labute approximate surface area is 68.1 Å². The second-order valence-electron chi connectivity index (χ2n) is 2.24. The van der Waals surface area contributed by atoms with E-state index in [4.69, 9.17) is 20.4 Å². The Morgan fingerprint density at radius 2 is 1.83 bits per heavy atom. The van der Waals surface area contributed by atoms with Crippen LogP contribution >= 0.6 is 0 Å². The third kappa shape index (κ3) is 2.95. The van der Waals surface area contributed by atoms with E-state index < -0.39 is 30.7 Å². The molecule has 0 aliphatic rings. The van der Waals surface area contributed by atoms with Gasteiger partial charge in [0.15, 0.2) is 6.10 Å². The van der Waals surface area contributed by atoms with Gasteiger partial charge in [-0.15, -0.1) is 0 Å². The van der Waals surface area contributed by atoms with Crippen molar-refractivity contribution in [2.45, 2.75) is 24.7 Å². The molecule has 0 aromatic rings. The molecule has 0 heterocycles. The van der Waals surface area contributed by atoms with Crippen LogP contribution in [-0.2, 0) is 9.59 Å². The molecule has 3 atom stereocenters. The fourth-order valence-corrected chi connectivity index (χ4v) is 0.595. The molecule has 0 saturated heterocycles. The number of hydrogen-bond donors (Lipinski definition) is 4. The monoisotopic (exact) mass is 178 g/mol. The first kappa shape index (κ1) is 11.0. The van der Waals surface area contributed by atoms with Crippen molar-refractivity contribution in [3.63, 3.8) is 0 Å². The fraction of sp³-hybridized carbons (Fsp3) is 0.667. The van der Waals surface area contributed by atoms with Crippen LogP contribution in [0.3, 0.4) is 0 Å².